The van der Waals surface area contributed by atoms with Crippen molar-refractivity contribution in [1.82, 2.24) is 0 Å². The van der Waals surface area contributed by atoms with E-state index >= 15 is 0 Å². The van der Waals surface area contributed by atoms with Crippen LogP contribution in [0.4, 0.5) is 0 Å². The molecule has 1 unspecified atom stereocenters. The molecule has 0 aliphatic heterocycles. The number of benzene rings is 1. The molecular weight excluding hydrogens is 354 g/mol. The lowest BCUT2D eigenvalue weighted by molar-refractivity contribution is 0.281. The average Bonchev–Trinajstić information content (AvgIpc) is 2.09. The molecule has 0 bridgehead atoms. The van der Waals surface area contributed by atoms with Crippen LogP contribution in [-0.2, 0) is 6.61 Å². The Morgan fingerprint density at radius 1 is 1.58 bits per heavy atom. The van der Waals surface area contributed by atoms with Crippen LogP contribution in [0.1, 0.15) is 5.56 Å². The van der Waals surface area contributed by atoms with Gasteiger partial charge in [-0.2, -0.15) is 0 Å². The predicted octanol–water partition coefficient (Wildman–Crippen LogP) is 3.26. The third-order valence-electron chi connectivity index (χ3n) is 1.33. The minimum absolute atomic E-state index is 0.0496. The van der Waals surface area contributed by atoms with Crippen molar-refractivity contribution in [3.05, 3.63) is 28.2 Å². The summed E-state index contributed by atoms with van der Waals surface area (Å²) in [6.45, 7) is 0.437. The zero-order valence-corrected chi connectivity index (χ0v) is 10.8. The van der Waals surface area contributed by atoms with Crippen LogP contribution < -0.4 is 4.52 Å². The van der Waals surface area contributed by atoms with Crippen LogP contribution in [0.25, 0.3) is 0 Å². The Kier molecular flexibility index (Phi) is 4.79. The summed E-state index contributed by atoms with van der Waals surface area (Å²) in [7, 11) is 0. The van der Waals surface area contributed by atoms with Crippen LogP contribution in [0.5, 0.6) is 5.75 Å². The molecule has 1 atom stereocenters. The van der Waals surface area contributed by atoms with Crippen LogP contribution in [0.3, 0.4) is 0 Å². The maximum absolute atomic E-state index is 8.85. The molecule has 0 amide bonds. The molecule has 0 saturated heterocycles. The number of halogens is 2. The van der Waals surface area contributed by atoms with Crippen molar-refractivity contribution in [2.24, 2.45) is 0 Å². The van der Waals surface area contributed by atoms with Crippen LogP contribution in [-0.4, -0.2) is 5.11 Å². The fourth-order valence-corrected chi connectivity index (χ4v) is 2.21. The third kappa shape index (κ3) is 2.83. The topological polar surface area (TPSA) is 29.5 Å². The lowest BCUT2D eigenvalue weighted by atomic mass is 10.2. The SMILES string of the molecule is OCc1ccc(Br)c(OPI)c1. The molecule has 0 aliphatic carbocycles. The number of aliphatic hydroxyl groups is 1. The van der Waals surface area contributed by atoms with Gasteiger partial charge in [0.1, 0.15) is 12.2 Å². The molecule has 2 nitrogen and oxygen atoms in total. The first-order valence-electron chi connectivity index (χ1n) is 3.19. The molecule has 1 rings (SSSR count). The molecule has 1 aromatic carbocycles. The van der Waals surface area contributed by atoms with E-state index in [9.17, 15) is 0 Å². The van der Waals surface area contributed by atoms with Gasteiger partial charge in [0.05, 0.1) is 11.1 Å². The van der Waals surface area contributed by atoms with E-state index < -0.39 is 0 Å². The summed E-state index contributed by atoms with van der Waals surface area (Å²) in [4.78, 5) is 0. The molecule has 0 aromatic heterocycles. The first kappa shape index (κ1) is 10.7. The zero-order valence-electron chi connectivity index (χ0n) is 6.05. The van der Waals surface area contributed by atoms with Gasteiger partial charge in [-0.25, -0.2) is 0 Å². The van der Waals surface area contributed by atoms with E-state index in [0.29, 0.717) is 6.45 Å². The fraction of sp³-hybridized carbons (Fsp3) is 0.143. The lowest BCUT2D eigenvalue weighted by Crippen LogP contribution is -1.84. The Morgan fingerprint density at radius 3 is 2.92 bits per heavy atom. The van der Waals surface area contributed by atoms with Crippen molar-refractivity contribution in [1.29, 1.82) is 0 Å². The monoisotopic (exact) mass is 360 g/mol. The second-order valence-electron chi connectivity index (χ2n) is 2.10. The van der Waals surface area contributed by atoms with Gasteiger partial charge in [0.25, 0.3) is 0 Å². The standard InChI is InChI=1S/C7H7BrIO2P/c8-6-2-1-5(4-10)3-7(6)11-12-9/h1-3,10,12H,4H2. The average molecular weight is 361 g/mol. The van der Waals surface area contributed by atoms with Gasteiger partial charge in [0, 0.05) is 0 Å². The van der Waals surface area contributed by atoms with E-state index in [2.05, 4.69) is 38.0 Å². The molecular formula is C7H7BrIO2P. The normalized spacial score (nSPS) is 10.9. The van der Waals surface area contributed by atoms with Gasteiger partial charge in [-0.05, 0) is 55.7 Å². The summed E-state index contributed by atoms with van der Waals surface area (Å²) in [6.07, 6.45) is 0. The summed E-state index contributed by atoms with van der Waals surface area (Å²) in [6, 6.07) is 5.56. The second-order valence-corrected chi connectivity index (χ2v) is 4.64. The van der Waals surface area contributed by atoms with Crippen molar-refractivity contribution in [3.63, 3.8) is 0 Å². The highest BCUT2D eigenvalue weighted by atomic mass is 127. The number of rotatable bonds is 3. The van der Waals surface area contributed by atoms with Crippen LogP contribution in [0, 0.1) is 0 Å². The molecule has 0 fully saturated rings. The highest BCUT2D eigenvalue weighted by molar-refractivity contribution is 14.2. The van der Waals surface area contributed by atoms with Gasteiger partial charge in [0.15, 0.2) is 0 Å². The highest BCUT2D eigenvalue weighted by Crippen LogP contribution is 2.33. The smallest absolute Gasteiger partial charge is 0.138 e. The number of hydrogen-bond donors (Lipinski definition) is 1. The van der Waals surface area contributed by atoms with E-state index in [1.54, 1.807) is 0 Å². The largest absolute Gasteiger partial charge is 0.465 e. The first-order valence-corrected chi connectivity index (χ1v) is 8.01. The third-order valence-corrected chi connectivity index (χ3v) is 2.94. The van der Waals surface area contributed by atoms with Crippen molar-refractivity contribution >= 4 is 44.4 Å². The van der Waals surface area contributed by atoms with Crippen molar-refractivity contribution in [2.45, 2.75) is 6.61 Å². The lowest BCUT2D eigenvalue weighted by Gasteiger charge is -2.05. The highest BCUT2D eigenvalue weighted by Gasteiger charge is 2.01. The van der Waals surface area contributed by atoms with Crippen molar-refractivity contribution < 1.29 is 9.63 Å². The van der Waals surface area contributed by atoms with Gasteiger partial charge in [-0.15, -0.1) is 0 Å². The van der Waals surface area contributed by atoms with Gasteiger partial charge >= 0.3 is 0 Å². The molecule has 0 aliphatic rings. The fourth-order valence-electron chi connectivity index (χ4n) is 0.766. The first-order chi connectivity index (χ1) is 5.77. The van der Waals surface area contributed by atoms with Crippen molar-refractivity contribution in [3.8, 4) is 5.75 Å². The Morgan fingerprint density at radius 2 is 2.33 bits per heavy atom. The van der Waals surface area contributed by atoms with Crippen LogP contribution in [0.2, 0.25) is 0 Å². The minimum atomic E-state index is 0.0496. The Hall–Kier alpha value is 0.620. The van der Waals surface area contributed by atoms with Gasteiger partial charge in [-0.3, -0.25) is 0 Å². The minimum Gasteiger partial charge on any atom is -0.465 e. The zero-order chi connectivity index (χ0) is 8.97. The maximum atomic E-state index is 8.85. The summed E-state index contributed by atoms with van der Waals surface area (Å²) in [5.41, 5.74) is 0.864. The summed E-state index contributed by atoms with van der Waals surface area (Å²) >= 11 is 5.51. The van der Waals surface area contributed by atoms with Crippen molar-refractivity contribution in [2.75, 3.05) is 0 Å². The maximum Gasteiger partial charge on any atom is 0.138 e. The van der Waals surface area contributed by atoms with Crippen LogP contribution in [0.15, 0.2) is 22.7 Å². The van der Waals surface area contributed by atoms with E-state index in [1.165, 1.54) is 0 Å². The quantitative estimate of drug-likeness (QED) is 0.662. The number of hydrogen-bond acceptors (Lipinski definition) is 2. The summed E-state index contributed by atoms with van der Waals surface area (Å²) < 4.78 is 6.26. The molecule has 12 heavy (non-hydrogen) atoms. The van der Waals surface area contributed by atoms with E-state index in [0.717, 1.165) is 15.8 Å². The van der Waals surface area contributed by atoms with E-state index in [4.69, 9.17) is 9.63 Å². The molecule has 5 heteroatoms. The second kappa shape index (κ2) is 5.37. The molecule has 0 spiro atoms. The Balaban J connectivity index is 2.91. The molecule has 1 aromatic rings. The Labute approximate surface area is 94.2 Å². The van der Waals surface area contributed by atoms with Gasteiger partial charge in [-0.1, -0.05) is 6.07 Å². The van der Waals surface area contributed by atoms with Crippen LogP contribution >= 0.6 is 44.4 Å². The molecule has 66 valence electrons. The van der Waals surface area contributed by atoms with E-state index in [1.807, 2.05) is 18.2 Å². The molecule has 0 radical (unpaired) electrons. The predicted molar refractivity (Wildman–Crippen MR) is 63.0 cm³/mol. The molecule has 0 heterocycles. The van der Waals surface area contributed by atoms with E-state index in [-0.39, 0.29) is 6.61 Å². The Bertz CT molecular complexity index is 270. The molecule has 1 N–H and O–H groups in total. The van der Waals surface area contributed by atoms with Gasteiger partial charge < -0.3 is 9.63 Å². The molecule has 0 saturated carbocycles. The number of aliphatic hydroxyl groups excluding tert-OH is 1. The summed E-state index contributed by atoms with van der Waals surface area (Å²) in [5, 5.41) is 8.85. The van der Waals surface area contributed by atoms with Gasteiger partial charge in [0.2, 0.25) is 0 Å². The summed E-state index contributed by atoms with van der Waals surface area (Å²) in [5.74, 6) is 0.786.